The Balaban J connectivity index is 4.89. The second kappa shape index (κ2) is 17.0. The van der Waals surface area contributed by atoms with Crippen molar-refractivity contribution in [2.75, 3.05) is 19.8 Å². The number of ether oxygens (including phenoxy) is 3. The van der Waals surface area contributed by atoms with Crippen molar-refractivity contribution in [3.8, 4) is 0 Å². The van der Waals surface area contributed by atoms with Crippen LogP contribution in [0.3, 0.4) is 0 Å². The molecule has 0 saturated heterocycles. The van der Waals surface area contributed by atoms with Gasteiger partial charge in [0, 0.05) is 31.1 Å². The standard InChI is InChI=1S/C24H46O4/c1-7-11-12-13-14-15-17-22(18-16-20-26-23(25)21(5)6)24(19-8-2,27-9-3)28-10-4/h22H,5,7-20H2,1-4,6H3. The Bertz CT molecular complexity index is 388. The molecule has 1 unspecified atom stereocenters. The van der Waals surface area contributed by atoms with Gasteiger partial charge in [0.05, 0.1) is 6.61 Å². The van der Waals surface area contributed by atoms with Crippen molar-refractivity contribution in [3.63, 3.8) is 0 Å². The number of carbonyl (C=O) groups is 1. The fourth-order valence-electron chi connectivity index (χ4n) is 3.84. The first-order chi connectivity index (χ1) is 13.5. The van der Waals surface area contributed by atoms with E-state index < -0.39 is 5.79 Å². The molecule has 28 heavy (non-hydrogen) atoms. The Hall–Kier alpha value is -0.870. The highest BCUT2D eigenvalue weighted by molar-refractivity contribution is 5.86. The van der Waals surface area contributed by atoms with Crippen LogP contribution < -0.4 is 0 Å². The second-order valence-electron chi connectivity index (χ2n) is 7.74. The molecular weight excluding hydrogens is 352 g/mol. The van der Waals surface area contributed by atoms with Crippen LogP contribution in [0.5, 0.6) is 0 Å². The van der Waals surface area contributed by atoms with Crippen LogP contribution in [0.25, 0.3) is 0 Å². The molecule has 0 aliphatic rings. The first kappa shape index (κ1) is 27.1. The molecule has 0 heterocycles. The number of carbonyl (C=O) groups excluding carboxylic acids is 1. The number of hydrogen-bond donors (Lipinski definition) is 0. The van der Waals surface area contributed by atoms with E-state index in [1.54, 1.807) is 6.92 Å². The lowest BCUT2D eigenvalue weighted by Gasteiger charge is -2.40. The van der Waals surface area contributed by atoms with Crippen molar-refractivity contribution in [3.05, 3.63) is 12.2 Å². The van der Waals surface area contributed by atoms with Crippen molar-refractivity contribution >= 4 is 5.97 Å². The molecule has 0 rings (SSSR count). The summed E-state index contributed by atoms with van der Waals surface area (Å²) in [5.74, 6) is -0.496. The van der Waals surface area contributed by atoms with Gasteiger partial charge < -0.3 is 14.2 Å². The van der Waals surface area contributed by atoms with Crippen molar-refractivity contribution in [2.45, 2.75) is 111 Å². The average molecular weight is 399 g/mol. The van der Waals surface area contributed by atoms with E-state index in [0.717, 1.165) is 32.1 Å². The van der Waals surface area contributed by atoms with Crippen molar-refractivity contribution < 1.29 is 19.0 Å². The third-order valence-corrected chi connectivity index (χ3v) is 5.18. The molecule has 0 spiro atoms. The lowest BCUT2D eigenvalue weighted by molar-refractivity contribution is -0.270. The minimum atomic E-state index is -0.514. The SMILES string of the molecule is C=C(C)C(=O)OCCCC(CCCCCCCC)C(CCC)(OCC)OCC. The molecule has 4 heteroatoms. The van der Waals surface area contributed by atoms with Crippen LogP contribution in [-0.2, 0) is 19.0 Å². The molecule has 0 amide bonds. The number of esters is 1. The van der Waals surface area contributed by atoms with Gasteiger partial charge in [-0.1, -0.05) is 65.4 Å². The van der Waals surface area contributed by atoms with E-state index >= 15 is 0 Å². The third-order valence-electron chi connectivity index (χ3n) is 5.18. The van der Waals surface area contributed by atoms with Crippen LogP contribution in [0.15, 0.2) is 12.2 Å². The van der Waals surface area contributed by atoms with Gasteiger partial charge in [0.1, 0.15) is 0 Å². The molecule has 0 aromatic carbocycles. The summed E-state index contributed by atoms with van der Waals surface area (Å²) in [6.45, 7) is 15.6. The van der Waals surface area contributed by atoms with Gasteiger partial charge in [0.25, 0.3) is 0 Å². The Morgan fingerprint density at radius 2 is 1.43 bits per heavy atom. The van der Waals surface area contributed by atoms with Crippen LogP contribution in [-0.4, -0.2) is 31.6 Å². The zero-order valence-electron chi connectivity index (χ0n) is 19.3. The third kappa shape index (κ3) is 11.2. The molecule has 0 bridgehead atoms. The minimum Gasteiger partial charge on any atom is -0.462 e. The molecule has 1 atom stereocenters. The van der Waals surface area contributed by atoms with Gasteiger partial charge in [0.2, 0.25) is 0 Å². The molecule has 0 saturated carbocycles. The van der Waals surface area contributed by atoms with Gasteiger partial charge in [-0.15, -0.1) is 0 Å². The van der Waals surface area contributed by atoms with E-state index in [9.17, 15) is 4.79 Å². The molecule has 4 nitrogen and oxygen atoms in total. The molecule has 166 valence electrons. The topological polar surface area (TPSA) is 44.8 Å². The predicted octanol–water partition coefficient (Wildman–Crippen LogP) is 6.82. The van der Waals surface area contributed by atoms with Gasteiger partial charge >= 0.3 is 5.97 Å². The van der Waals surface area contributed by atoms with Crippen molar-refractivity contribution in [2.24, 2.45) is 5.92 Å². The lowest BCUT2D eigenvalue weighted by Crippen LogP contribution is -2.44. The van der Waals surface area contributed by atoms with E-state index in [4.69, 9.17) is 14.2 Å². The lowest BCUT2D eigenvalue weighted by atomic mass is 9.85. The van der Waals surface area contributed by atoms with Gasteiger partial charge in [-0.3, -0.25) is 0 Å². The monoisotopic (exact) mass is 398 g/mol. The fourth-order valence-corrected chi connectivity index (χ4v) is 3.84. The van der Waals surface area contributed by atoms with Crippen LogP contribution in [0, 0.1) is 5.92 Å². The highest BCUT2D eigenvalue weighted by atomic mass is 16.7. The molecule has 0 N–H and O–H groups in total. The largest absolute Gasteiger partial charge is 0.462 e. The normalized spacial score (nSPS) is 12.8. The molecule has 0 fully saturated rings. The highest BCUT2D eigenvalue weighted by Crippen LogP contribution is 2.36. The quantitative estimate of drug-likeness (QED) is 0.104. The molecule has 0 aromatic rings. The average Bonchev–Trinajstić information content (AvgIpc) is 2.66. The first-order valence-electron chi connectivity index (χ1n) is 11.6. The Labute approximate surface area is 174 Å². The summed E-state index contributed by atoms with van der Waals surface area (Å²) in [7, 11) is 0. The van der Waals surface area contributed by atoms with Crippen LogP contribution in [0.4, 0.5) is 0 Å². The summed E-state index contributed by atoms with van der Waals surface area (Å²) in [5.41, 5.74) is 0.451. The van der Waals surface area contributed by atoms with Crippen molar-refractivity contribution in [1.29, 1.82) is 0 Å². The number of rotatable bonds is 19. The second-order valence-corrected chi connectivity index (χ2v) is 7.74. The van der Waals surface area contributed by atoms with Crippen LogP contribution in [0.2, 0.25) is 0 Å². The van der Waals surface area contributed by atoms with Crippen molar-refractivity contribution in [1.82, 2.24) is 0 Å². The van der Waals surface area contributed by atoms with Gasteiger partial charge in [-0.25, -0.2) is 4.79 Å². The summed E-state index contributed by atoms with van der Waals surface area (Å²) >= 11 is 0. The maximum absolute atomic E-state index is 11.6. The predicted molar refractivity (Wildman–Crippen MR) is 117 cm³/mol. The van der Waals surface area contributed by atoms with E-state index in [-0.39, 0.29) is 5.97 Å². The summed E-state index contributed by atoms with van der Waals surface area (Å²) in [5, 5.41) is 0. The van der Waals surface area contributed by atoms with Gasteiger partial charge in [0.15, 0.2) is 5.79 Å². The van der Waals surface area contributed by atoms with E-state index in [0.29, 0.717) is 31.3 Å². The maximum atomic E-state index is 11.6. The zero-order valence-corrected chi connectivity index (χ0v) is 19.3. The molecule has 0 radical (unpaired) electrons. The summed E-state index contributed by atoms with van der Waals surface area (Å²) in [6, 6.07) is 0. The number of unbranched alkanes of at least 4 members (excludes halogenated alkanes) is 5. The van der Waals surface area contributed by atoms with Gasteiger partial charge in [-0.05, 0) is 40.0 Å². The van der Waals surface area contributed by atoms with Crippen LogP contribution >= 0.6 is 0 Å². The zero-order chi connectivity index (χ0) is 21.3. The maximum Gasteiger partial charge on any atom is 0.333 e. The van der Waals surface area contributed by atoms with E-state index in [1.807, 2.05) is 13.8 Å². The van der Waals surface area contributed by atoms with Crippen LogP contribution in [0.1, 0.15) is 105 Å². The molecule has 0 aliphatic heterocycles. The van der Waals surface area contributed by atoms with Gasteiger partial charge in [-0.2, -0.15) is 0 Å². The first-order valence-corrected chi connectivity index (χ1v) is 11.6. The Morgan fingerprint density at radius 1 is 0.857 bits per heavy atom. The summed E-state index contributed by atoms with van der Waals surface area (Å²) in [6.07, 6.45) is 12.5. The summed E-state index contributed by atoms with van der Waals surface area (Å²) < 4.78 is 17.8. The number of hydrogen-bond acceptors (Lipinski definition) is 4. The molecule has 0 aliphatic carbocycles. The molecule has 0 aromatic heterocycles. The summed E-state index contributed by atoms with van der Waals surface area (Å²) in [4.78, 5) is 11.6. The van der Waals surface area contributed by atoms with E-state index in [1.165, 1.54) is 38.5 Å². The fraction of sp³-hybridized carbons (Fsp3) is 0.875. The highest BCUT2D eigenvalue weighted by Gasteiger charge is 2.39. The molecular formula is C24H46O4. The van der Waals surface area contributed by atoms with E-state index in [2.05, 4.69) is 20.4 Å². The Morgan fingerprint density at radius 3 is 1.96 bits per heavy atom. The Kier molecular flexibility index (Phi) is 16.5. The smallest absolute Gasteiger partial charge is 0.333 e. The minimum absolute atomic E-state index is 0.304.